The number of carbonyl (C=O) groups is 2. The van der Waals surface area contributed by atoms with Crippen molar-refractivity contribution in [1.82, 2.24) is 10.2 Å². The highest BCUT2D eigenvalue weighted by molar-refractivity contribution is 6.39. The number of aryl methyl sites for hydroxylation is 1. The van der Waals surface area contributed by atoms with Gasteiger partial charge >= 0.3 is 18.0 Å². The Hall–Kier alpha value is -3.07. The maximum atomic E-state index is 12.9. The second kappa shape index (κ2) is 10.7. The van der Waals surface area contributed by atoms with Gasteiger partial charge in [0.25, 0.3) is 0 Å². The average molecular weight is 489 g/mol. The summed E-state index contributed by atoms with van der Waals surface area (Å²) in [5.74, 6) is -1.86. The van der Waals surface area contributed by atoms with E-state index in [1.54, 1.807) is 0 Å². The lowest BCUT2D eigenvalue weighted by Gasteiger charge is -2.36. The Kier molecular flexibility index (Phi) is 7.64. The Morgan fingerprint density at radius 2 is 1.74 bits per heavy atom. The molecule has 0 aliphatic carbocycles. The quantitative estimate of drug-likeness (QED) is 0.614. The predicted octanol–water partition coefficient (Wildman–Crippen LogP) is 4.37. The topological polar surface area (TPSA) is 64.7 Å². The molecule has 0 aromatic heterocycles. The van der Waals surface area contributed by atoms with Crippen LogP contribution in [-0.4, -0.2) is 49.9 Å². The molecule has 0 saturated carbocycles. The van der Waals surface area contributed by atoms with Gasteiger partial charge in [0.05, 0.1) is 11.6 Å². The van der Waals surface area contributed by atoms with Gasteiger partial charge in [-0.05, 0) is 74.2 Å². The fourth-order valence-corrected chi connectivity index (χ4v) is 4.93. The van der Waals surface area contributed by atoms with E-state index in [1.165, 1.54) is 29.8 Å². The van der Waals surface area contributed by atoms with Crippen molar-refractivity contribution in [3.05, 3.63) is 59.2 Å². The van der Waals surface area contributed by atoms with Crippen LogP contribution in [0, 0.1) is 0 Å². The summed E-state index contributed by atoms with van der Waals surface area (Å²) in [7, 11) is 2.09. The molecule has 9 heteroatoms. The molecule has 2 aromatic rings. The van der Waals surface area contributed by atoms with E-state index >= 15 is 0 Å². The van der Waals surface area contributed by atoms with Crippen LogP contribution in [0.4, 0.5) is 24.5 Å². The van der Waals surface area contributed by atoms with Gasteiger partial charge in [-0.25, -0.2) is 0 Å². The first-order valence-electron chi connectivity index (χ1n) is 12.1. The van der Waals surface area contributed by atoms with Crippen LogP contribution in [0.2, 0.25) is 0 Å². The third-order valence-corrected chi connectivity index (χ3v) is 6.78. The molecular formula is C26H31F3N4O2. The van der Waals surface area contributed by atoms with E-state index in [4.69, 9.17) is 0 Å². The first-order valence-corrected chi connectivity index (χ1v) is 12.1. The maximum absolute atomic E-state index is 12.9. The number of piperidine rings is 1. The first-order chi connectivity index (χ1) is 16.7. The molecule has 0 bridgehead atoms. The van der Waals surface area contributed by atoms with Crippen molar-refractivity contribution in [3.8, 4) is 0 Å². The molecule has 1 saturated heterocycles. The minimum absolute atomic E-state index is 0.0774. The van der Waals surface area contributed by atoms with Gasteiger partial charge in [0.1, 0.15) is 0 Å². The number of hydrogen-bond donors (Lipinski definition) is 2. The van der Waals surface area contributed by atoms with Gasteiger partial charge in [0, 0.05) is 31.5 Å². The number of fused-ring (bicyclic) bond motifs is 1. The number of anilines is 2. The normalized spacial score (nSPS) is 17.4. The zero-order valence-electron chi connectivity index (χ0n) is 19.8. The van der Waals surface area contributed by atoms with Crippen molar-refractivity contribution in [2.24, 2.45) is 0 Å². The van der Waals surface area contributed by atoms with E-state index in [0.717, 1.165) is 63.0 Å². The number of nitrogens with one attached hydrogen (secondary N) is 2. The molecule has 1 atom stereocenters. The fourth-order valence-electron chi connectivity index (χ4n) is 4.93. The number of carbonyl (C=O) groups excluding carboxylic acids is 2. The van der Waals surface area contributed by atoms with Gasteiger partial charge in [-0.1, -0.05) is 24.6 Å². The van der Waals surface area contributed by atoms with Crippen molar-refractivity contribution in [2.45, 2.75) is 44.3 Å². The molecule has 2 aliphatic rings. The molecule has 4 rings (SSSR count). The average Bonchev–Trinajstić information content (AvgIpc) is 2.84. The van der Waals surface area contributed by atoms with Crippen LogP contribution in [0.5, 0.6) is 0 Å². The highest BCUT2D eigenvalue weighted by atomic mass is 19.4. The lowest BCUT2D eigenvalue weighted by atomic mass is 9.95. The zero-order valence-corrected chi connectivity index (χ0v) is 19.8. The Morgan fingerprint density at radius 3 is 2.49 bits per heavy atom. The smallest absolute Gasteiger partial charge is 0.374 e. The van der Waals surface area contributed by atoms with E-state index in [0.29, 0.717) is 0 Å². The van der Waals surface area contributed by atoms with Crippen molar-refractivity contribution in [2.75, 3.05) is 43.4 Å². The van der Waals surface area contributed by atoms with Gasteiger partial charge in [-0.15, -0.1) is 0 Å². The molecule has 0 unspecified atom stereocenters. The molecule has 35 heavy (non-hydrogen) atoms. The summed E-state index contributed by atoms with van der Waals surface area (Å²) < 4.78 is 38.8. The van der Waals surface area contributed by atoms with Gasteiger partial charge in [0.15, 0.2) is 0 Å². The molecular weight excluding hydrogens is 457 g/mol. The SMILES string of the molecule is CN1CCCc2cc([C@H](CNC(=O)C(=O)Nc3cccc(C(F)(F)F)c3)N3CCCCC3)ccc21. The zero-order chi connectivity index (χ0) is 25.0. The molecule has 1 fully saturated rings. The highest BCUT2D eigenvalue weighted by Crippen LogP contribution is 2.32. The van der Waals surface area contributed by atoms with Crippen LogP contribution in [0.15, 0.2) is 42.5 Å². The Labute approximate surface area is 203 Å². The third-order valence-electron chi connectivity index (χ3n) is 6.78. The molecule has 2 amide bonds. The summed E-state index contributed by atoms with van der Waals surface area (Å²) in [6.07, 6.45) is 0.889. The van der Waals surface area contributed by atoms with Crippen LogP contribution in [0.25, 0.3) is 0 Å². The number of rotatable bonds is 5. The number of alkyl halides is 3. The van der Waals surface area contributed by atoms with Gasteiger partial charge in [-0.3, -0.25) is 14.5 Å². The number of nitrogens with zero attached hydrogens (tertiary/aromatic N) is 2. The summed E-state index contributed by atoms with van der Waals surface area (Å²) in [6, 6.07) is 10.6. The Morgan fingerprint density at radius 1 is 0.971 bits per heavy atom. The Bertz CT molecular complexity index is 1070. The number of likely N-dealkylation sites (tertiary alicyclic amines) is 1. The predicted molar refractivity (Wildman–Crippen MR) is 129 cm³/mol. The van der Waals surface area contributed by atoms with E-state index in [2.05, 4.69) is 45.7 Å². The summed E-state index contributed by atoms with van der Waals surface area (Å²) in [4.78, 5) is 29.5. The van der Waals surface area contributed by atoms with Gasteiger partial charge in [0.2, 0.25) is 0 Å². The number of halogens is 3. The lowest BCUT2D eigenvalue weighted by molar-refractivity contribution is -0.137. The summed E-state index contributed by atoms with van der Waals surface area (Å²) in [6.45, 7) is 3.09. The van der Waals surface area contributed by atoms with Gasteiger partial charge in [-0.2, -0.15) is 13.2 Å². The molecule has 2 heterocycles. The molecule has 0 radical (unpaired) electrons. The first kappa shape index (κ1) is 25.0. The minimum Gasteiger partial charge on any atom is -0.374 e. The molecule has 6 nitrogen and oxygen atoms in total. The Balaban J connectivity index is 1.45. The fraction of sp³-hybridized carbons (Fsp3) is 0.462. The van der Waals surface area contributed by atoms with E-state index < -0.39 is 23.6 Å². The molecule has 2 aromatic carbocycles. The van der Waals surface area contributed by atoms with E-state index in [9.17, 15) is 22.8 Å². The minimum atomic E-state index is -4.53. The maximum Gasteiger partial charge on any atom is 0.416 e. The molecule has 2 N–H and O–H groups in total. The monoisotopic (exact) mass is 488 g/mol. The van der Waals surface area contributed by atoms with Crippen molar-refractivity contribution in [1.29, 1.82) is 0 Å². The van der Waals surface area contributed by atoms with Crippen LogP contribution in [0.3, 0.4) is 0 Å². The molecule has 188 valence electrons. The number of amides is 2. The lowest BCUT2D eigenvalue weighted by Crippen LogP contribution is -2.43. The standard InChI is InChI=1S/C26H31F3N4O2/c1-32-12-6-7-18-15-19(10-11-22(18)32)23(33-13-3-2-4-14-33)17-30-24(34)25(35)31-21-9-5-8-20(16-21)26(27,28)29/h5,8-11,15-16,23H,2-4,6-7,12-14,17H2,1H3,(H,30,34)(H,31,35)/t23-/m0/s1. The summed E-state index contributed by atoms with van der Waals surface area (Å²) in [5, 5.41) is 4.98. The summed E-state index contributed by atoms with van der Waals surface area (Å²) in [5.41, 5.74) is 2.64. The number of hydrogen-bond acceptors (Lipinski definition) is 4. The van der Waals surface area contributed by atoms with Crippen molar-refractivity contribution >= 4 is 23.2 Å². The second-order valence-corrected chi connectivity index (χ2v) is 9.27. The number of benzene rings is 2. The van der Waals surface area contributed by atoms with Gasteiger partial charge < -0.3 is 15.5 Å². The molecule has 0 spiro atoms. The third kappa shape index (κ3) is 6.14. The van der Waals surface area contributed by atoms with Crippen LogP contribution in [0.1, 0.15) is 48.4 Å². The summed E-state index contributed by atoms with van der Waals surface area (Å²) >= 11 is 0. The highest BCUT2D eigenvalue weighted by Gasteiger charge is 2.31. The van der Waals surface area contributed by atoms with E-state index in [1.807, 2.05) is 0 Å². The second-order valence-electron chi connectivity index (χ2n) is 9.27. The van der Waals surface area contributed by atoms with Crippen molar-refractivity contribution in [3.63, 3.8) is 0 Å². The van der Waals surface area contributed by atoms with E-state index in [-0.39, 0.29) is 18.3 Å². The largest absolute Gasteiger partial charge is 0.416 e. The van der Waals surface area contributed by atoms with Crippen molar-refractivity contribution < 1.29 is 22.8 Å². The molecule has 2 aliphatic heterocycles. The van der Waals surface area contributed by atoms with Crippen LogP contribution >= 0.6 is 0 Å². The van der Waals surface area contributed by atoms with Crippen LogP contribution in [-0.2, 0) is 22.2 Å². The van der Waals surface area contributed by atoms with Crippen LogP contribution < -0.4 is 15.5 Å².